The maximum Gasteiger partial charge on any atom is 0.435 e. The monoisotopic (exact) mass is 378 g/mol. The van der Waals surface area contributed by atoms with Gasteiger partial charge in [0.05, 0.1) is 5.56 Å². The SMILES string of the molecule is Cn1cc(C(=O)NCCc2nnc(-c3ccccc3)n2C)c(C(F)(F)F)n1. The summed E-state index contributed by atoms with van der Waals surface area (Å²) in [6.45, 7) is 0.117. The maximum atomic E-state index is 12.9. The summed E-state index contributed by atoms with van der Waals surface area (Å²) < 4.78 is 41.6. The predicted molar refractivity (Wildman–Crippen MR) is 90.7 cm³/mol. The summed E-state index contributed by atoms with van der Waals surface area (Å²) in [5, 5.41) is 14.0. The van der Waals surface area contributed by atoms with Gasteiger partial charge in [-0.2, -0.15) is 18.3 Å². The summed E-state index contributed by atoms with van der Waals surface area (Å²) in [6.07, 6.45) is -3.32. The van der Waals surface area contributed by atoms with E-state index in [2.05, 4.69) is 20.6 Å². The summed E-state index contributed by atoms with van der Waals surface area (Å²) in [7, 11) is 3.12. The van der Waals surface area contributed by atoms with Crippen molar-refractivity contribution in [3.05, 3.63) is 53.6 Å². The Balaban J connectivity index is 1.66. The molecule has 142 valence electrons. The lowest BCUT2D eigenvalue weighted by Gasteiger charge is -2.07. The zero-order chi connectivity index (χ0) is 19.6. The molecular weight excluding hydrogens is 361 g/mol. The molecule has 0 aliphatic heterocycles. The van der Waals surface area contributed by atoms with E-state index in [0.717, 1.165) is 16.4 Å². The van der Waals surface area contributed by atoms with Crippen molar-refractivity contribution in [3.63, 3.8) is 0 Å². The first-order chi connectivity index (χ1) is 12.8. The molecule has 2 aromatic heterocycles. The van der Waals surface area contributed by atoms with Gasteiger partial charge in [0.25, 0.3) is 5.91 Å². The van der Waals surface area contributed by atoms with Crippen LogP contribution in [0.5, 0.6) is 0 Å². The van der Waals surface area contributed by atoms with Crippen LogP contribution in [0.1, 0.15) is 21.9 Å². The van der Waals surface area contributed by atoms with Crippen LogP contribution in [0.15, 0.2) is 36.5 Å². The van der Waals surface area contributed by atoms with Gasteiger partial charge in [-0.15, -0.1) is 10.2 Å². The van der Waals surface area contributed by atoms with E-state index in [4.69, 9.17) is 0 Å². The fraction of sp³-hybridized carbons (Fsp3) is 0.294. The number of carbonyl (C=O) groups excluding carboxylic acids is 1. The molecule has 0 fully saturated rings. The number of amides is 1. The lowest BCUT2D eigenvalue weighted by Crippen LogP contribution is -2.28. The van der Waals surface area contributed by atoms with Gasteiger partial charge < -0.3 is 9.88 Å². The molecule has 2 heterocycles. The third-order valence-corrected chi connectivity index (χ3v) is 3.97. The van der Waals surface area contributed by atoms with Crippen molar-refractivity contribution in [2.75, 3.05) is 6.54 Å². The van der Waals surface area contributed by atoms with Crippen molar-refractivity contribution in [1.82, 2.24) is 29.9 Å². The van der Waals surface area contributed by atoms with Crippen LogP contribution < -0.4 is 5.32 Å². The Morgan fingerprint density at radius 1 is 1.15 bits per heavy atom. The van der Waals surface area contributed by atoms with Crippen molar-refractivity contribution < 1.29 is 18.0 Å². The van der Waals surface area contributed by atoms with E-state index in [1.54, 1.807) is 11.6 Å². The average molecular weight is 378 g/mol. The Labute approximate surface area is 152 Å². The lowest BCUT2D eigenvalue weighted by molar-refractivity contribution is -0.141. The van der Waals surface area contributed by atoms with Crippen LogP contribution in [0.25, 0.3) is 11.4 Å². The molecule has 0 atom stereocenters. The zero-order valence-electron chi connectivity index (χ0n) is 14.7. The fourth-order valence-corrected chi connectivity index (χ4v) is 2.66. The Kier molecular flexibility index (Phi) is 4.98. The Bertz CT molecular complexity index is 945. The first-order valence-corrected chi connectivity index (χ1v) is 8.10. The zero-order valence-corrected chi connectivity index (χ0v) is 14.7. The number of halogens is 3. The largest absolute Gasteiger partial charge is 0.435 e. The second kappa shape index (κ2) is 7.22. The number of hydrogen-bond acceptors (Lipinski definition) is 4. The molecule has 0 saturated carbocycles. The number of rotatable bonds is 5. The van der Waals surface area contributed by atoms with Gasteiger partial charge >= 0.3 is 6.18 Å². The van der Waals surface area contributed by atoms with E-state index in [-0.39, 0.29) is 6.54 Å². The molecule has 0 saturated heterocycles. The normalized spacial score (nSPS) is 11.6. The highest BCUT2D eigenvalue weighted by atomic mass is 19.4. The summed E-state index contributed by atoms with van der Waals surface area (Å²) in [6, 6.07) is 9.46. The van der Waals surface area contributed by atoms with Gasteiger partial charge in [0.15, 0.2) is 11.5 Å². The molecule has 0 bridgehead atoms. The summed E-state index contributed by atoms with van der Waals surface area (Å²) in [5.41, 5.74) is -0.812. The first-order valence-electron chi connectivity index (χ1n) is 8.10. The number of nitrogens with one attached hydrogen (secondary N) is 1. The molecule has 1 aromatic carbocycles. The topological polar surface area (TPSA) is 77.6 Å². The number of hydrogen-bond donors (Lipinski definition) is 1. The van der Waals surface area contributed by atoms with E-state index < -0.39 is 23.3 Å². The van der Waals surface area contributed by atoms with Crippen LogP contribution in [-0.2, 0) is 26.7 Å². The van der Waals surface area contributed by atoms with Crippen LogP contribution in [0.2, 0.25) is 0 Å². The summed E-state index contributed by atoms with van der Waals surface area (Å²) in [5.74, 6) is 0.445. The van der Waals surface area contributed by atoms with Gasteiger partial charge in [0.2, 0.25) is 0 Å². The second-order valence-corrected chi connectivity index (χ2v) is 5.93. The molecule has 10 heteroatoms. The minimum absolute atomic E-state index is 0.117. The molecule has 0 unspecified atom stereocenters. The van der Waals surface area contributed by atoms with E-state index in [1.165, 1.54) is 7.05 Å². The van der Waals surface area contributed by atoms with Crippen molar-refractivity contribution in [2.24, 2.45) is 14.1 Å². The van der Waals surface area contributed by atoms with Gasteiger partial charge in [-0.1, -0.05) is 30.3 Å². The third kappa shape index (κ3) is 3.99. The number of alkyl halides is 3. The van der Waals surface area contributed by atoms with Gasteiger partial charge in [-0.3, -0.25) is 9.48 Å². The fourth-order valence-electron chi connectivity index (χ4n) is 2.66. The number of carbonyl (C=O) groups is 1. The number of benzene rings is 1. The van der Waals surface area contributed by atoms with Crippen molar-refractivity contribution in [3.8, 4) is 11.4 Å². The van der Waals surface area contributed by atoms with Crippen LogP contribution in [-0.4, -0.2) is 37.0 Å². The Morgan fingerprint density at radius 3 is 2.52 bits per heavy atom. The summed E-state index contributed by atoms with van der Waals surface area (Å²) >= 11 is 0. The molecule has 0 aliphatic carbocycles. The molecular formula is C17H17F3N6O. The highest BCUT2D eigenvalue weighted by molar-refractivity contribution is 5.95. The van der Waals surface area contributed by atoms with E-state index in [0.29, 0.717) is 18.1 Å². The molecule has 1 amide bonds. The van der Waals surface area contributed by atoms with Gasteiger partial charge in [0.1, 0.15) is 5.82 Å². The number of aromatic nitrogens is 5. The van der Waals surface area contributed by atoms with Crippen LogP contribution in [0.4, 0.5) is 13.2 Å². The molecule has 1 N–H and O–H groups in total. The minimum atomic E-state index is -4.69. The minimum Gasteiger partial charge on any atom is -0.351 e. The molecule has 3 rings (SSSR count). The van der Waals surface area contributed by atoms with Gasteiger partial charge in [-0.05, 0) is 0 Å². The molecule has 27 heavy (non-hydrogen) atoms. The molecule has 0 radical (unpaired) electrons. The molecule has 7 nitrogen and oxygen atoms in total. The van der Waals surface area contributed by atoms with E-state index >= 15 is 0 Å². The van der Waals surface area contributed by atoms with E-state index in [9.17, 15) is 18.0 Å². The molecule has 0 spiro atoms. The van der Waals surface area contributed by atoms with Crippen molar-refractivity contribution in [2.45, 2.75) is 12.6 Å². The smallest absolute Gasteiger partial charge is 0.351 e. The standard InChI is InChI=1S/C17H17F3N6O/c1-25-10-12(14(24-25)17(18,19)20)16(27)21-9-8-13-22-23-15(26(13)2)11-6-4-3-5-7-11/h3-7,10H,8-9H2,1-2H3,(H,21,27). The molecule has 0 aliphatic rings. The van der Waals surface area contributed by atoms with Crippen LogP contribution >= 0.6 is 0 Å². The highest BCUT2D eigenvalue weighted by Crippen LogP contribution is 2.30. The van der Waals surface area contributed by atoms with Crippen LogP contribution in [0, 0.1) is 0 Å². The van der Waals surface area contributed by atoms with Gasteiger partial charge in [-0.25, -0.2) is 0 Å². The quantitative estimate of drug-likeness (QED) is 0.739. The first kappa shape index (κ1) is 18.6. The van der Waals surface area contributed by atoms with Crippen molar-refractivity contribution >= 4 is 5.91 Å². The lowest BCUT2D eigenvalue weighted by atomic mass is 10.2. The van der Waals surface area contributed by atoms with Crippen molar-refractivity contribution in [1.29, 1.82) is 0 Å². The highest BCUT2D eigenvalue weighted by Gasteiger charge is 2.38. The van der Waals surface area contributed by atoms with Crippen LogP contribution in [0.3, 0.4) is 0 Å². The van der Waals surface area contributed by atoms with Gasteiger partial charge in [0, 0.05) is 38.8 Å². The third-order valence-electron chi connectivity index (χ3n) is 3.97. The number of nitrogens with zero attached hydrogens (tertiary/aromatic N) is 5. The summed E-state index contributed by atoms with van der Waals surface area (Å²) in [4.78, 5) is 12.1. The maximum absolute atomic E-state index is 12.9. The Hall–Kier alpha value is -3.17. The predicted octanol–water partition coefficient (Wildman–Crippen LogP) is 2.21. The number of aryl methyl sites for hydroxylation is 1. The average Bonchev–Trinajstić information content (AvgIpc) is 3.19. The Morgan fingerprint density at radius 2 is 1.85 bits per heavy atom. The van der Waals surface area contributed by atoms with E-state index in [1.807, 2.05) is 30.3 Å². The molecule has 3 aromatic rings. The second-order valence-electron chi connectivity index (χ2n) is 5.93.